The third-order valence-corrected chi connectivity index (χ3v) is 3.29. The molecule has 2 heterocycles. The van der Waals surface area contributed by atoms with E-state index >= 15 is 0 Å². The molecule has 2 aromatic rings. The molecule has 0 bridgehead atoms. The number of tetrazole rings is 1. The monoisotopic (exact) mass is 289 g/mol. The molecule has 1 aliphatic rings. The number of carbonyl (C=O) groups excluding carboxylic acids is 1. The van der Waals surface area contributed by atoms with Gasteiger partial charge in [-0.3, -0.25) is 4.79 Å². The van der Waals surface area contributed by atoms with E-state index in [2.05, 4.69) is 10.4 Å². The predicted molar refractivity (Wildman–Crippen MR) is 73.0 cm³/mol. The Hall–Kier alpha value is -2.48. The van der Waals surface area contributed by atoms with Crippen LogP contribution >= 0.6 is 0 Å². The van der Waals surface area contributed by atoms with E-state index in [1.807, 2.05) is 6.07 Å². The molecule has 1 saturated heterocycles. The molecule has 1 fully saturated rings. The second-order valence-corrected chi connectivity index (χ2v) is 4.66. The first kappa shape index (κ1) is 13.5. The van der Waals surface area contributed by atoms with Crippen LogP contribution in [0.25, 0.3) is 5.69 Å². The minimum absolute atomic E-state index is 0.105. The van der Waals surface area contributed by atoms with Crippen molar-refractivity contribution in [3.05, 3.63) is 40.8 Å². The predicted octanol–water partition coefficient (Wildman–Crippen LogP) is -0.712. The van der Waals surface area contributed by atoms with Gasteiger partial charge in [0.05, 0.1) is 18.9 Å². The van der Waals surface area contributed by atoms with Crippen LogP contribution < -0.4 is 5.69 Å². The van der Waals surface area contributed by atoms with Crippen LogP contribution in [0, 0.1) is 0 Å². The Kier molecular flexibility index (Phi) is 3.78. The Morgan fingerprint density at radius 3 is 2.57 bits per heavy atom. The molecule has 8 nitrogen and oxygen atoms in total. The van der Waals surface area contributed by atoms with Crippen LogP contribution in [0.4, 0.5) is 0 Å². The van der Waals surface area contributed by atoms with Crippen molar-refractivity contribution in [3.8, 4) is 5.69 Å². The van der Waals surface area contributed by atoms with E-state index in [9.17, 15) is 9.59 Å². The molecule has 0 atom stereocenters. The zero-order chi connectivity index (χ0) is 14.7. The average Bonchev–Trinajstić information content (AvgIpc) is 2.90. The molecule has 0 saturated carbocycles. The molecule has 21 heavy (non-hydrogen) atoms. The van der Waals surface area contributed by atoms with Gasteiger partial charge >= 0.3 is 5.69 Å². The lowest BCUT2D eigenvalue weighted by molar-refractivity contribution is -0.136. The van der Waals surface area contributed by atoms with Gasteiger partial charge in [-0.05, 0) is 22.6 Å². The molecule has 1 aliphatic heterocycles. The molecule has 1 amide bonds. The topological polar surface area (TPSA) is 82.2 Å². The highest BCUT2D eigenvalue weighted by Gasteiger charge is 2.19. The zero-order valence-electron chi connectivity index (χ0n) is 11.4. The largest absolute Gasteiger partial charge is 0.378 e. The van der Waals surface area contributed by atoms with Gasteiger partial charge in [0.15, 0.2) is 0 Å². The summed E-state index contributed by atoms with van der Waals surface area (Å²) in [6.07, 6.45) is 0. The molecule has 0 radical (unpaired) electrons. The van der Waals surface area contributed by atoms with Crippen molar-refractivity contribution in [2.75, 3.05) is 26.3 Å². The Labute approximate surface area is 120 Å². The summed E-state index contributed by atoms with van der Waals surface area (Å²) in [6, 6.07) is 8.97. The van der Waals surface area contributed by atoms with Gasteiger partial charge in [-0.2, -0.15) is 9.36 Å². The summed E-state index contributed by atoms with van der Waals surface area (Å²) in [5, 5.41) is 7.57. The summed E-state index contributed by atoms with van der Waals surface area (Å²) in [5.41, 5.74) is 0.190. The maximum absolute atomic E-state index is 12.2. The first-order chi connectivity index (χ1) is 10.3. The Balaban J connectivity index is 1.77. The number of nitrogens with zero attached hydrogens (tertiary/aromatic N) is 5. The summed E-state index contributed by atoms with van der Waals surface area (Å²) in [5.74, 6) is -0.152. The van der Waals surface area contributed by atoms with Crippen molar-refractivity contribution >= 4 is 5.91 Å². The Morgan fingerprint density at radius 2 is 1.86 bits per heavy atom. The van der Waals surface area contributed by atoms with Crippen molar-refractivity contribution in [1.29, 1.82) is 0 Å². The van der Waals surface area contributed by atoms with Crippen LogP contribution in [0.5, 0.6) is 0 Å². The van der Waals surface area contributed by atoms with E-state index in [0.29, 0.717) is 32.0 Å². The van der Waals surface area contributed by atoms with Crippen LogP contribution in [-0.4, -0.2) is 56.9 Å². The number of amides is 1. The third-order valence-electron chi connectivity index (χ3n) is 3.29. The number of ether oxygens (including phenoxy) is 1. The number of hydrogen-bond acceptors (Lipinski definition) is 5. The van der Waals surface area contributed by atoms with Crippen molar-refractivity contribution in [2.24, 2.45) is 0 Å². The standard InChI is InChI=1S/C13H15N5O3/c19-12(16-6-8-21-9-7-16)10-17-13(20)18(15-14-17)11-4-2-1-3-5-11/h1-5H,6-10H2. The number of aromatic nitrogens is 4. The smallest absolute Gasteiger partial charge is 0.368 e. The van der Waals surface area contributed by atoms with Gasteiger partial charge in [-0.1, -0.05) is 18.2 Å². The lowest BCUT2D eigenvalue weighted by Gasteiger charge is -2.26. The van der Waals surface area contributed by atoms with Gasteiger partial charge in [0, 0.05) is 13.1 Å². The van der Waals surface area contributed by atoms with Crippen molar-refractivity contribution in [2.45, 2.75) is 6.54 Å². The van der Waals surface area contributed by atoms with E-state index in [1.165, 1.54) is 4.68 Å². The van der Waals surface area contributed by atoms with Crippen LogP contribution in [0.1, 0.15) is 0 Å². The molecule has 0 unspecified atom stereocenters. The number of morpholine rings is 1. The lowest BCUT2D eigenvalue weighted by atomic mass is 10.3. The highest BCUT2D eigenvalue weighted by Crippen LogP contribution is 2.01. The lowest BCUT2D eigenvalue weighted by Crippen LogP contribution is -2.43. The van der Waals surface area contributed by atoms with E-state index < -0.39 is 5.69 Å². The molecule has 0 aliphatic carbocycles. The van der Waals surface area contributed by atoms with E-state index in [-0.39, 0.29) is 12.5 Å². The van der Waals surface area contributed by atoms with E-state index in [1.54, 1.807) is 29.2 Å². The first-order valence-corrected chi connectivity index (χ1v) is 6.69. The van der Waals surface area contributed by atoms with Gasteiger partial charge in [0.1, 0.15) is 6.54 Å². The highest BCUT2D eigenvalue weighted by atomic mass is 16.5. The van der Waals surface area contributed by atoms with Gasteiger partial charge in [-0.15, -0.1) is 0 Å². The summed E-state index contributed by atoms with van der Waals surface area (Å²) < 4.78 is 7.44. The zero-order valence-corrected chi connectivity index (χ0v) is 11.4. The summed E-state index contributed by atoms with van der Waals surface area (Å²) >= 11 is 0. The quantitative estimate of drug-likeness (QED) is 0.745. The van der Waals surface area contributed by atoms with Crippen LogP contribution in [0.15, 0.2) is 35.1 Å². The summed E-state index contributed by atoms with van der Waals surface area (Å²) in [4.78, 5) is 26.0. The minimum Gasteiger partial charge on any atom is -0.378 e. The Morgan fingerprint density at radius 1 is 1.14 bits per heavy atom. The van der Waals surface area contributed by atoms with Crippen molar-refractivity contribution in [3.63, 3.8) is 0 Å². The Bertz CT molecular complexity index is 673. The average molecular weight is 289 g/mol. The summed E-state index contributed by atoms with van der Waals surface area (Å²) in [7, 11) is 0. The highest BCUT2D eigenvalue weighted by molar-refractivity contribution is 5.75. The van der Waals surface area contributed by atoms with Crippen LogP contribution in [-0.2, 0) is 16.1 Å². The summed E-state index contributed by atoms with van der Waals surface area (Å²) in [6.45, 7) is 2.03. The molecule has 0 N–H and O–H groups in total. The van der Waals surface area contributed by atoms with Gasteiger partial charge in [-0.25, -0.2) is 4.79 Å². The maximum atomic E-state index is 12.2. The van der Waals surface area contributed by atoms with Crippen molar-refractivity contribution in [1.82, 2.24) is 24.7 Å². The third kappa shape index (κ3) is 2.84. The minimum atomic E-state index is -0.428. The van der Waals surface area contributed by atoms with Crippen LogP contribution in [0.2, 0.25) is 0 Å². The number of benzene rings is 1. The fourth-order valence-electron chi connectivity index (χ4n) is 2.15. The fraction of sp³-hybridized carbons (Fsp3) is 0.385. The second-order valence-electron chi connectivity index (χ2n) is 4.66. The van der Waals surface area contributed by atoms with E-state index in [0.717, 1.165) is 4.68 Å². The maximum Gasteiger partial charge on any atom is 0.368 e. The molecule has 110 valence electrons. The van der Waals surface area contributed by atoms with Gasteiger partial charge < -0.3 is 9.64 Å². The second kappa shape index (κ2) is 5.88. The van der Waals surface area contributed by atoms with Gasteiger partial charge in [0.25, 0.3) is 0 Å². The number of carbonyl (C=O) groups is 1. The molecule has 1 aromatic carbocycles. The number of para-hydroxylation sites is 1. The fourth-order valence-corrected chi connectivity index (χ4v) is 2.15. The molecular weight excluding hydrogens is 274 g/mol. The molecule has 1 aromatic heterocycles. The van der Waals surface area contributed by atoms with Gasteiger partial charge in [0.2, 0.25) is 5.91 Å². The SMILES string of the molecule is O=C(Cn1nnn(-c2ccccc2)c1=O)N1CCOCC1. The molecule has 3 rings (SSSR count). The normalized spacial score (nSPS) is 15.1. The molecule has 8 heteroatoms. The van der Waals surface area contributed by atoms with Crippen LogP contribution in [0.3, 0.4) is 0 Å². The molecule has 0 spiro atoms. The van der Waals surface area contributed by atoms with Crippen molar-refractivity contribution < 1.29 is 9.53 Å². The van der Waals surface area contributed by atoms with E-state index in [4.69, 9.17) is 4.74 Å². The molecular formula is C13H15N5O3. The first-order valence-electron chi connectivity index (χ1n) is 6.69. The number of hydrogen-bond donors (Lipinski definition) is 0. The number of rotatable bonds is 3.